The Hall–Kier alpha value is -0.770. The fourth-order valence-corrected chi connectivity index (χ4v) is 2.46. The van der Waals surface area contributed by atoms with Gasteiger partial charge in [-0.1, -0.05) is 23.7 Å². The van der Waals surface area contributed by atoms with Gasteiger partial charge in [-0.3, -0.25) is 4.79 Å². The summed E-state index contributed by atoms with van der Waals surface area (Å²) in [6.45, 7) is 3.64. The maximum absolute atomic E-state index is 12.1. The first-order valence-electron chi connectivity index (χ1n) is 6.34. The minimum absolute atomic E-state index is 0. The van der Waals surface area contributed by atoms with Crippen molar-refractivity contribution in [3.63, 3.8) is 0 Å². The number of carbonyl (C=O) groups is 1. The number of rotatable bonds is 3. The Kier molecular flexibility index (Phi) is 6.11. The van der Waals surface area contributed by atoms with E-state index >= 15 is 0 Å². The summed E-state index contributed by atoms with van der Waals surface area (Å²) in [5.41, 5.74) is 6.88. The molecule has 5 heteroatoms. The molecule has 1 amide bonds. The van der Waals surface area contributed by atoms with Crippen LogP contribution in [0, 0.1) is 5.92 Å². The summed E-state index contributed by atoms with van der Waals surface area (Å²) in [5.74, 6) is 0.625. The zero-order chi connectivity index (χ0) is 13.1. The standard InChI is InChI=1S/C14H19ClN2O.ClH/c1-10(16)12-6-7-17(9-12)14(18)8-11-2-4-13(15)5-3-11;/h2-5,10,12H,6-9,16H2,1H3;1H. The summed E-state index contributed by atoms with van der Waals surface area (Å²) >= 11 is 5.82. The monoisotopic (exact) mass is 302 g/mol. The van der Waals surface area contributed by atoms with Crippen molar-refractivity contribution in [1.29, 1.82) is 0 Å². The number of nitrogens with two attached hydrogens (primary N) is 1. The molecule has 1 heterocycles. The zero-order valence-corrected chi connectivity index (χ0v) is 12.6. The van der Waals surface area contributed by atoms with Crippen molar-refractivity contribution in [2.45, 2.75) is 25.8 Å². The topological polar surface area (TPSA) is 46.3 Å². The summed E-state index contributed by atoms with van der Waals surface area (Å²) in [6.07, 6.45) is 1.47. The molecule has 2 unspecified atom stereocenters. The number of likely N-dealkylation sites (tertiary alicyclic amines) is 1. The van der Waals surface area contributed by atoms with Crippen molar-refractivity contribution < 1.29 is 4.79 Å². The van der Waals surface area contributed by atoms with Crippen LogP contribution in [0.5, 0.6) is 0 Å². The molecule has 1 saturated heterocycles. The molecule has 1 fully saturated rings. The molecule has 19 heavy (non-hydrogen) atoms. The van der Waals surface area contributed by atoms with E-state index in [4.69, 9.17) is 17.3 Å². The first kappa shape index (κ1) is 16.3. The van der Waals surface area contributed by atoms with Gasteiger partial charge in [-0.05, 0) is 37.0 Å². The average Bonchev–Trinajstić information content (AvgIpc) is 2.81. The fourth-order valence-electron chi connectivity index (χ4n) is 2.33. The van der Waals surface area contributed by atoms with Crippen LogP contribution >= 0.6 is 24.0 Å². The molecule has 0 aliphatic carbocycles. The predicted octanol–water partition coefficient (Wildman–Crippen LogP) is 2.50. The maximum Gasteiger partial charge on any atom is 0.226 e. The second-order valence-corrected chi connectivity index (χ2v) is 5.49. The molecule has 0 saturated carbocycles. The van der Waals surface area contributed by atoms with Crippen molar-refractivity contribution in [3.8, 4) is 0 Å². The third kappa shape index (κ3) is 4.37. The molecule has 0 bridgehead atoms. The van der Waals surface area contributed by atoms with E-state index in [9.17, 15) is 4.79 Å². The van der Waals surface area contributed by atoms with Gasteiger partial charge in [0.2, 0.25) is 5.91 Å². The fraction of sp³-hybridized carbons (Fsp3) is 0.500. The van der Waals surface area contributed by atoms with Crippen LogP contribution in [-0.4, -0.2) is 29.9 Å². The lowest BCUT2D eigenvalue weighted by Gasteiger charge is -2.18. The normalized spacial score (nSPS) is 19.9. The van der Waals surface area contributed by atoms with Gasteiger partial charge >= 0.3 is 0 Å². The van der Waals surface area contributed by atoms with Crippen LogP contribution in [0.15, 0.2) is 24.3 Å². The summed E-state index contributed by atoms with van der Waals surface area (Å²) in [6, 6.07) is 7.61. The maximum atomic E-state index is 12.1. The van der Waals surface area contributed by atoms with E-state index in [2.05, 4.69) is 0 Å². The molecule has 1 aliphatic rings. The molecule has 1 aromatic rings. The number of halogens is 2. The highest BCUT2D eigenvalue weighted by Gasteiger charge is 2.28. The lowest BCUT2D eigenvalue weighted by Crippen LogP contribution is -2.33. The van der Waals surface area contributed by atoms with Crippen molar-refractivity contribution in [1.82, 2.24) is 4.90 Å². The summed E-state index contributed by atoms with van der Waals surface area (Å²) in [4.78, 5) is 14.0. The second kappa shape index (κ2) is 7.13. The zero-order valence-electron chi connectivity index (χ0n) is 11.0. The Balaban J connectivity index is 0.00000180. The van der Waals surface area contributed by atoms with Crippen molar-refractivity contribution in [2.75, 3.05) is 13.1 Å². The molecule has 2 N–H and O–H groups in total. The molecule has 1 aromatic carbocycles. The van der Waals surface area contributed by atoms with Gasteiger partial charge in [-0.15, -0.1) is 12.4 Å². The lowest BCUT2D eigenvalue weighted by atomic mass is 10.0. The second-order valence-electron chi connectivity index (χ2n) is 5.05. The van der Waals surface area contributed by atoms with Crippen LogP contribution in [-0.2, 0) is 11.2 Å². The van der Waals surface area contributed by atoms with E-state index in [-0.39, 0.29) is 24.4 Å². The minimum atomic E-state index is 0. The van der Waals surface area contributed by atoms with Gasteiger partial charge in [0.15, 0.2) is 0 Å². The highest BCUT2D eigenvalue weighted by molar-refractivity contribution is 6.30. The molecule has 106 valence electrons. The van der Waals surface area contributed by atoms with Crippen LogP contribution < -0.4 is 5.73 Å². The van der Waals surface area contributed by atoms with E-state index in [1.54, 1.807) is 0 Å². The van der Waals surface area contributed by atoms with E-state index in [0.29, 0.717) is 17.4 Å². The summed E-state index contributed by atoms with van der Waals surface area (Å²) < 4.78 is 0. The van der Waals surface area contributed by atoms with Crippen LogP contribution in [0.3, 0.4) is 0 Å². The van der Waals surface area contributed by atoms with Crippen LogP contribution in [0.2, 0.25) is 5.02 Å². The molecule has 1 aliphatic heterocycles. The molecule has 3 nitrogen and oxygen atoms in total. The van der Waals surface area contributed by atoms with Gasteiger partial charge < -0.3 is 10.6 Å². The molecule has 0 aromatic heterocycles. The Labute approximate surface area is 125 Å². The number of carbonyl (C=O) groups excluding carboxylic acids is 1. The molecule has 2 rings (SSSR count). The van der Waals surface area contributed by atoms with Gasteiger partial charge in [-0.2, -0.15) is 0 Å². The predicted molar refractivity (Wildman–Crippen MR) is 80.7 cm³/mol. The summed E-state index contributed by atoms with van der Waals surface area (Å²) in [5, 5.41) is 0.699. The van der Waals surface area contributed by atoms with Gasteiger partial charge in [0, 0.05) is 24.2 Å². The molecular formula is C14H20Cl2N2O. The average molecular weight is 303 g/mol. The number of nitrogens with zero attached hydrogens (tertiary/aromatic N) is 1. The Morgan fingerprint density at radius 1 is 1.47 bits per heavy atom. The first-order chi connectivity index (χ1) is 8.56. The van der Waals surface area contributed by atoms with Gasteiger partial charge in [0.05, 0.1) is 6.42 Å². The number of hydrogen-bond donors (Lipinski definition) is 1. The van der Waals surface area contributed by atoms with Crippen molar-refractivity contribution in [3.05, 3.63) is 34.9 Å². The molecule has 2 atom stereocenters. The SMILES string of the molecule is CC(N)C1CCN(C(=O)Cc2ccc(Cl)cc2)C1.Cl. The minimum Gasteiger partial charge on any atom is -0.342 e. The number of benzene rings is 1. The molecular weight excluding hydrogens is 283 g/mol. The third-order valence-electron chi connectivity index (χ3n) is 3.59. The van der Waals surface area contributed by atoms with Gasteiger partial charge in [-0.25, -0.2) is 0 Å². The Morgan fingerprint density at radius 2 is 2.11 bits per heavy atom. The van der Waals surface area contributed by atoms with Crippen LogP contribution in [0.1, 0.15) is 18.9 Å². The lowest BCUT2D eigenvalue weighted by molar-refractivity contribution is -0.129. The third-order valence-corrected chi connectivity index (χ3v) is 3.84. The molecule has 0 spiro atoms. The smallest absolute Gasteiger partial charge is 0.226 e. The van der Waals surface area contributed by atoms with Crippen molar-refractivity contribution >= 4 is 29.9 Å². The largest absolute Gasteiger partial charge is 0.342 e. The number of hydrogen-bond acceptors (Lipinski definition) is 2. The van der Waals surface area contributed by atoms with Crippen LogP contribution in [0.25, 0.3) is 0 Å². The number of amides is 1. The van der Waals surface area contributed by atoms with Crippen molar-refractivity contribution in [2.24, 2.45) is 11.7 Å². The van der Waals surface area contributed by atoms with E-state index in [0.717, 1.165) is 25.1 Å². The quantitative estimate of drug-likeness (QED) is 0.932. The summed E-state index contributed by atoms with van der Waals surface area (Å²) in [7, 11) is 0. The van der Waals surface area contributed by atoms with Gasteiger partial charge in [0.25, 0.3) is 0 Å². The van der Waals surface area contributed by atoms with E-state index < -0.39 is 0 Å². The molecule has 0 radical (unpaired) electrons. The highest BCUT2D eigenvalue weighted by atomic mass is 35.5. The van der Waals surface area contributed by atoms with E-state index in [1.165, 1.54) is 0 Å². The van der Waals surface area contributed by atoms with Crippen LogP contribution in [0.4, 0.5) is 0 Å². The Bertz CT molecular complexity index is 420. The van der Waals surface area contributed by atoms with Gasteiger partial charge in [0.1, 0.15) is 0 Å². The van der Waals surface area contributed by atoms with E-state index in [1.807, 2.05) is 36.1 Å². The Morgan fingerprint density at radius 3 is 2.63 bits per heavy atom. The first-order valence-corrected chi connectivity index (χ1v) is 6.72. The highest BCUT2D eigenvalue weighted by Crippen LogP contribution is 2.20.